The van der Waals surface area contributed by atoms with Gasteiger partial charge in [-0.05, 0) is 105 Å². The highest BCUT2D eigenvalue weighted by molar-refractivity contribution is 5.42. The summed E-state index contributed by atoms with van der Waals surface area (Å²) in [5, 5.41) is 0. The second kappa shape index (κ2) is 8.57. The minimum absolute atomic E-state index is 0.582. The molecule has 1 saturated heterocycles. The van der Waals surface area contributed by atoms with Crippen molar-refractivity contribution in [2.75, 3.05) is 26.2 Å². The molecule has 2 aromatic rings. The third-order valence-corrected chi connectivity index (χ3v) is 9.75. The van der Waals surface area contributed by atoms with Gasteiger partial charge in [-0.1, -0.05) is 26.0 Å². The van der Waals surface area contributed by atoms with E-state index in [2.05, 4.69) is 72.4 Å². The summed E-state index contributed by atoms with van der Waals surface area (Å²) < 4.78 is 2.45. The summed E-state index contributed by atoms with van der Waals surface area (Å²) in [6.07, 6.45) is 7.74. The Labute approximate surface area is 201 Å². The van der Waals surface area contributed by atoms with Crippen LogP contribution in [0.1, 0.15) is 74.4 Å². The van der Waals surface area contributed by atoms with Gasteiger partial charge in [-0.15, -0.1) is 0 Å². The molecular formula is C30H43N3. The zero-order chi connectivity index (χ0) is 22.7. The summed E-state index contributed by atoms with van der Waals surface area (Å²) in [4.78, 5) is 5.63. The van der Waals surface area contributed by atoms with E-state index in [9.17, 15) is 0 Å². The molecule has 0 unspecified atom stereocenters. The number of benzene rings is 1. The molecule has 5 aliphatic rings. The summed E-state index contributed by atoms with van der Waals surface area (Å²) in [5.41, 5.74) is 6.98. The van der Waals surface area contributed by atoms with Crippen LogP contribution in [0.25, 0.3) is 5.69 Å². The lowest BCUT2D eigenvalue weighted by atomic mass is 9.54. The molecule has 4 aliphatic carbocycles. The Morgan fingerprint density at radius 1 is 0.818 bits per heavy atom. The fourth-order valence-electron chi connectivity index (χ4n) is 8.35. The molecule has 3 nitrogen and oxygen atoms in total. The van der Waals surface area contributed by atoms with Gasteiger partial charge in [-0.25, -0.2) is 0 Å². The predicted molar refractivity (Wildman–Crippen MR) is 137 cm³/mol. The van der Waals surface area contributed by atoms with Gasteiger partial charge in [0.05, 0.1) is 0 Å². The summed E-state index contributed by atoms with van der Waals surface area (Å²) >= 11 is 0. The Morgan fingerprint density at radius 3 is 2.00 bits per heavy atom. The fourth-order valence-corrected chi connectivity index (χ4v) is 8.35. The van der Waals surface area contributed by atoms with Crippen LogP contribution in [0.5, 0.6) is 0 Å². The lowest BCUT2D eigenvalue weighted by Gasteiger charge is -2.58. The zero-order valence-electron chi connectivity index (χ0n) is 21.3. The van der Waals surface area contributed by atoms with Crippen molar-refractivity contribution in [3.8, 4) is 5.69 Å². The fraction of sp³-hybridized carbons (Fsp3) is 0.667. The van der Waals surface area contributed by atoms with Crippen molar-refractivity contribution in [2.45, 2.75) is 78.3 Å². The summed E-state index contributed by atoms with van der Waals surface area (Å²) in [7, 11) is 0. The molecular weight excluding hydrogens is 402 g/mol. The Hall–Kier alpha value is -1.58. The van der Waals surface area contributed by atoms with Crippen molar-refractivity contribution < 1.29 is 0 Å². The van der Waals surface area contributed by atoms with Crippen LogP contribution in [0, 0.1) is 37.5 Å². The number of hydrogen-bond acceptors (Lipinski definition) is 2. The molecule has 4 saturated carbocycles. The largest absolute Gasteiger partial charge is 0.318 e. The Balaban J connectivity index is 1.10. The van der Waals surface area contributed by atoms with E-state index in [1.54, 1.807) is 32.1 Å². The topological polar surface area (TPSA) is 11.4 Å². The molecule has 7 rings (SSSR count). The van der Waals surface area contributed by atoms with Gasteiger partial charge in [-0.2, -0.15) is 0 Å². The molecule has 4 bridgehead atoms. The minimum atomic E-state index is 0.582. The van der Waals surface area contributed by atoms with Crippen LogP contribution in [0.4, 0.5) is 0 Å². The molecule has 0 N–H and O–H groups in total. The molecule has 3 heteroatoms. The molecule has 2 heterocycles. The van der Waals surface area contributed by atoms with Gasteiger partial charge in [0, 0.05) is 55.8 Å². The van der Waals surface area contributed by atoms with Crippen LogP contribution in [0.15, 0.2) is 30.3 Å². The van der Waals surface area contributed by atoms with Crippen molar-refractivity contribution >= 4 is 0 Å². The van der Waals surface area contributed by atoms with Gasteiger partial charge < -0.3 is 4.57 Å². The van der Waals surface area contributed by atoms with E-state index in [1.807, 2.05) is 0 Å². The van der Waals surface area contributed by atoms with Crippen molar-refractivity contribution in [3.63, 3.8) is 0 Å². The first-order valence-electron chi connectivity index (χ1n) is 13.7. The first-order chi connectivity index (χ1) is 16.0. The number of piperazine rings is 1. The maximum Gasteiger partial charge on any atom is 0.0455 e. The van der Waals surface area contributed by atoms with Gasteiger partial charge in [0.1, 0.15) is 0 Å². The van der Waals surface area contributed by atoms with Crippen LogP contribution in [0.3, 0.4) is 0 Å². The van der Waals surface area contributed by atoms with Gasteiger partial charge in [0.15, 0.2) is 0 Å². The highest BCUT2D eigenvalue weighted by atomic mass is 15.3. The summed E-state index contributed by atoms with van der Waals surface area (Å²) in [6.45, 7) is 15.2. The van der Waals surface area contributed by atoms with Crippen LogP contribution in [-0.2, 0) is 6.54 Å². The Morgan fingerprint density at radius 2 is 1.42 bits per heavy atom. The molecule has 0 amide bonds. The highest BCUT2D eigenvalue weighted by Gasteiger charge is 2.50. The van der Waals surface area contributed by atoms with Crippen molar-refractivity contribution in [3.05, 3.63) is 52.8 Å². The Bertz CT molecular complexity index is 949. The van der Waals surface area contributed by atoms with E-state index in [-0.39, 0.29) is 0 Å². The van der Waals surface area contributed by atoms with Crippen LogP contribution < -0.4 is 0 Å². The first-order valence-corrected chi connectivity index (χ1v) is 13.7. The third kappa shape index (κ3) is 4.00. The SMILES string of the molecule is Cc1cc(CN2CCN(C3C4CC5CC(C4)CC3C5)CC2)c(C)n1-c1ccc(C(C)C)cc1. The molecule has 0 atom stereocenters. The van der Waals surface area contributed by atoms with Crippen molar-refractivity contribution in [2.24, 2.45) is 23.7 Å². The van der Waals surface area contributed by atoms with E-state index in [0.29, 0.717) is 5.92 Å². The number of hydrogen-bond donors (Lipinski definition) is 0. The van der Waals surface area contributed by atoms with E-state index in [4.69, 9.17) is 0 Å². The van der Waals surface area contributed by atoms with E-state index < -0.39 is 0 Å². The first kappa shape index (κ1) is 21.9. The molecule has 5 fully saturated rings. The normalized spacial score (nSPS) is 32.2. The number of aryl methyl sites for hydroxylation is 1. The molecule has 1 aliphatic heterocycles. The summed E-state index contributed by atoms with van der Waals surface area (Å²) in [6, 6.07) is 12.5. The van der Waals surface area contributed by atoms with E-state index >= 15 is 0 Å². The van der Waals surface area contributed by atoms with E-state index in [0.717, 1.165) is 36.3 Å². The average Bonchev–Trinajstić information content (AvgIpc) is 3.07. The minimum Gasteiger partial charge on any atom is -0.318 e. The average molecular weight is 446 g/mol. The number of rotatable bonds is 5. The lowest BCUT2D eigenvalue weighted by Crippen LogP contribution is -2.60. The van der Waals surface area contributed by atoms with Gasteiger partial charge >= 0.3 is 0 Å². The van der Waals surface area contributed by atoms with Crippen LogP contribution >= 0.6 is 0 Å². The predicted octanol–water partition coefficient (Wildman–Crippen LogP) is 6.16. The molecule has 0 spiro atoms. The standard InChI is InChI=1S/C30H43N3/c1-20(2)25-5-7-29(8-6-25)33-21(3)13-28(22(33)4)19-31-9-11-32(12-10-31)30-26-15-23-14-24(17-26)18-27(30)16-23/h5-8,13,20,23-24,26-27,30H,9-12,14-19H2,1-4H3. The lowest BCUT2D eigenvalue weighted by molar-refractivity contribution is -0.0769. The number of aromatic nitrogens is 1. The highest BCUT2D eigenvalue weighted by Crippen LogP contribution is 2.55. The van der Waals surface area contributed by atoms with Gasteiger partial charge in [0.25, 0.3) is 0 Å². The molecule has 178 valence electrons. The van der Waals surface area contributed by atoms with E-state index in [1.165, 1.54) is 54.4 Å². The smallest absolute Gasteiger partial charge is 0.0455 e. The van der Waals surface area contributed by atoms with Gasteiger partial charge in [-0.3, -0.25) is 9.80 Å². The maximum atomic E-state index is 2.92. The monoisotopic (exact) mass is 445 g/mol. The molecule has 1 aromatic heterocycles. The zero-order valence-corrected chi connectivity index (χ0v) is 21.3. The van der Waals surface area contributed by atoms with Crippen molar-refractivity contribution in [1.82, 2.24) is 14.4 Å². The van der Waals surface area contributed by atoms with Gasteiger partial charge in [0.2, 0.25) is 0 Å². The second-order valence-corrected chi connectivity index (χ2v) is 12.2. The Kier molecular flexibility index (Phi) is 5.69. The quantitative estimate of drug-likeness (QED) is 0.546. The van der Waals surface area contributed by atoms with Crippen molar-refractivity contribution in [1.29, 1.82) is 0 Å². The summed E-state index contributed by atoms with van der Waals surface area (Å²) in [5.74, 6) is 4.80. The van der Waals surface area contributed by atoms with Crippen LogP contribution in [-0.4, -0.2) is 46.6 Å². The number of nitrogens with zero attached hydrogens (tertiary/aromatic N) is 3. The molecule has 1 aromatic carbocycles. The maximum absolute atomic E-state index is 2.92. The third-order valence-electron chi connectivity index (χ3n) is 9.75. The molecule has 0 radical (unpaired) electrons. The second-order valence-electron chi connectivity index (χ2n) is 12.2. The van der Waals surface area contributed by atoms with Crippen LogP contribution in [0.2, 0.25) is 0 Å². The molecule has 33 heavy (non-hydrogen) atoms.